The standard InChI is InChI=1S/C15H15NO3/c1-10-13(15(17)19-3)7-8-14(16-10)11-5-4-6-12(9-11)18-2/h4-9H,1-3H3. The van der Waals surface area contributed by atoms with Gasteiger partial charge in [-0.15, -0.1) is 0 Å². The van der Waals surface area contributed by atoms with Gasteiger partial charge in [0, 0.05) is 5.56 Å². The Kier molecular flexibility index (Phi) is 3.80. The third kappa shape index (κ3) is 2.73. The van der Waals surface area contributed by atoms with E-state index in [9.17, 15) is 4.79 Å². The summed E-state index contributed by atoms with van der Waals surface area (Å²) in [6.07, 6.45) is 0. The molecule has 0 spiro atoms. The van der Waals surface area contributed by atoms with Crippen molar-refractivity contribution in [2.45, 2.75) is 6.92 Å². The highest BCUT2D eigenvalue weighted by atomic mass is 16.5. The van der Waals surface area contributed by atoms with Crippen LogP contribution < -0.4 is 4.74 Å². The van der Waals surface area contributed by atoms with E-state index in [2.05, 4.69) is 4.98 Å². The van der Waals surface area contributed by atoms with Crippen LogP contribution in [0.4, 0.5) is 0 Å². The summed E-state index contributed by atoms with van der Waals surface area (Å²) in [6.45, 7) is 1.79. The van der Waals surface area contributed by atoms with Gasteiger partial charge in [-0.3, -0.25) is 4.98 Å². The molecule has 0 aliphatic rings. The molecule has 19 heavy (non-hydrogen) atoms. The molecule has 0 fully saturated rings. The number of methoxy groups -OCH3 is 2. The Hall–Kier alpha value is -2.36. The molecule has 4 nitrogen and oxygen atoms in total. The molecular formula is C15H15NO3. The number of carbonyl (C=O) groups excluding carboxylic acids is 1. The summed E-state index contributed by atoms with van der Waals surface area (Å²) >= 11 is 0. The molecule has 1 heterocycles. The lowest BCUT2D eigenvalue weighted by Gasteiger charge is -2.07. The maximum Gasteiger partial charge on any atom is 0.339 e. The lowest BCUT2D eigenvalue weighted by molar-refractivity contribution is 0.0599. The first-order valence-electron chi connectivity index (χ1n) is 5.86. The summed E-state index contributed by atoms with van der Waals surface area (Å²) in [5.41, 5.74) is 2.87. The molecule has 1 aromatic heterocycles. The number of rotatable bonds is 3. The molecule has 98 valence electrons. The van der Waals surface area contributed by atoms with Crippen LogP contribution in [0.25, 0.3) is 11.3 Å². The van der Waals surface area contributed by atoms with Crippen molar-refractivity contribution in [2.75, 3.05) is 14.2 Å². The molecule has 4 heteroatoms. The average molecular weight is 257 g/mol. The maximum absolute atomic E-state index is 11.5. The van der Waals surface area contributed by atoms with Crippen molar-refractivity contribution in [1.82, 2.24) is 4.98 Å². The molecule has 0 bridgehead atoms. The van der Waals surface area contributed by atoms with Gasteiger partial charge in [-0.2, -0.15) is 0 Å². The fourth-order valence-corrected chi connectivity index (χ4v) is 1.83. The van der Waals surface area contributed by atoms with E-state index >= 15 is 0 Å². The van der Waals surface area contributed by atoms with Crippen molar-refractivity contribution in [1.29, 1.82) is 0 Å². The fourth-order valence-electron chi connectivity index (χ4n) is 1.83. The lowest BCUT2D eigenvalue weighted by Crippen LogP contribution is -2.05. The zero-order chi connectivity index (χ0) is 13.8. The van der Waals surface area contributed by atoms with Crippen molar-refractivity contribution < 1.29 is 14.3 Å². The Balaban J connectivity index is 2.41. The predicted molar refractivity (Wildman–Crippen MR) is 72.3 cm³/mol. The Morgan fingerprint density at radius 3 is 2.58 bits per heavy atom. The highest BCUT2D eigenvalue weighted by Crippen LogP contribution is 2.23. The van der Waals surface area contributed by atoms with Crippen molar-refractivity contribution >= 4 is 5.97 Å². The zero-order valence-corrected chi connectivity index (χ0v) is 11.1. The number of nitrogens with zero attached hydrogens (tertiary/aromatic N) is 1. The van der Waals surface area contributed by atoms with E-state index in [4.69, 9.17) is 9.47 Å². The van der Waals surface area contributed by atoms with Crippen LogP contribution in [0.1, 0.15) is 16.1 Å². The van der Waals surface area contributed by atoms with Crippen LogP contribution in [0, 0.1) is 6.92 Å². The number of ether oxygens (including phenoxy) is 2. The summed E-state index contributed by atoms with van der Waals surface area (Å²) in [4.78, 5) is 15.9. The highest BCUT2D eigenvalue weighted by Gasteiger charge is 2.11. The number of hydrogen-bond acceptors (Lipinski definition) is 4. The lowest BCUT2D eigenvalue weighted by atomic mass is 10.1. The fraction of sp³-hybridized carbons (Fsp3) is 0.200. The molecule has 0 aliphatic heterocycles. The molecule has 1 aromatic carbocycles. The van der Waals surface area contributed by atoms with Gasteiger partial charge in [0.1, 0.15) is 5.75 Å². The van der Waals surface area contributed by atoms with E-state index in [1.165, 1.54) is 7.11 Å². The van der Waals surface area contributed by atoms with E-state index < -0.39 is 0 Å². The van der Waals surface area contributed by atoms with Crippen LogP contribution in [0.15, 0.2) is 36.4 Å². The normalized spacial score (nSPS) is 10.1. The summed E-state index contributed by atoms with van der Waals surface area (Å²) in [7, 11) is 2.98. The van der Waals surface area contributed by atoms with Crippen molar-refractivity contribution in [3.63, 3.8) is 0 Å². The minimum Gasteiger partial charge on any atom is -0.497 e. The second kappa shape index (κ2) is 5.52. The van der Waals surface area contributed by atoms with Gasteiger partial charge >= 0.3 is 5.97 Å². The minimum atomic E-state index is -0.373. The van der Waals surface area contributed by atoms with Crippen molar-refractivity contribution in [2.24, 2.45) is 0 Å². The zero-order valence-electron chi connectivity index (χ0n) is 11.1. The molecule has 2 rings (SSSR count). The van der Waals surface area contributed by atoms with Gasteiger partial charge in [-0.25, -0.2) is 4.79 Å². The maximum atomic E-state index is 11.5. The van der Waals surface area contributed by atoms with Crippen LogP contribution in [0.5, 0.6) is 5.75 Å². The number of aryl methyl sites for hydroxylation is 1. The van der Waals surface area contributed by atoms with Crippen LogP contribution in [-0.2, 0) is 4.74 Å². The number of aromatic nitrogens is 1. The Bertz CT molecular complexity index is 608. The molecule has 2 aromatic rings. The Labute approximate surface area is 112 Å². The monoisotopic (exact) mass is 257 g/mol. The summed E-state index contributed by atoms with van der Waals surface area (Å²) < 4.78 is 9.88. The number of carbonyl (C=O) groups is 1. The number of pyridine rings is 1. The molecule has 0 N–H and O–H groups in total. The molecule has 0 aliphatic carbocycles. The number of esters is 1. The first-order valence-corrected chi connectivity index (χ1v) is 5.86. The molecule has 0 unspecified atom stereocenters. The molecule has 0 radical (unpaired) electrons. The van der Waals surface area contributed by atoms with Crippen LogP contribution in [0.2, 0.25) is 0 Å². The van der Waals surface area contributed by atoms with Gasteiger partial charge in [-0.05, 0) is 31.2 Å². The molecule has 0 saturated heterocycles. The second-order valence-corrected chi connectivity index (χ2v) is 4.05. The molecule has 0 saturated carbocycles. The molecule has 0 amide bonds. The highest BCUT2D eigenvalue weighted by molar-refractivity contribution is 5.90. The third-order valence-corrected chi connectivity index (χ3v) is 2.86. The second-order valence-electron chi connectivity index (χ2n) is 4.05. The topological polar surface area (TPSA) is 48.4 Å². The first kappa shape index (κ1) is 13.1. The summed E-state index contributed by atoms with van der Waals surface area (Å²) in [5.74, 6) is 0.399. The van der Waals surface area contributed by atoms with E-state index in [1.807, 2.05) is 24.3 Å². The van der Waals surface area contributed by atoms with Crippen molar-refractivity contribution in [3.8, 4) is 17.0 Å². The van der Waals surface area contributed by atoms with Gasteiger partial charge in [0.15, 0.2) is 0 Å². The first-order chi connectivity index (χ1) is 9.15. The van der Waals surface area contributed by atoms with E-state index in [0.717, 1.165) is 17.0 Å². The number of hydrogen-bond donors (Lipinski definition) is 0. The Morgan fingerprint density at radius 1 is 1.16 bits per heavy atom. The van der Waals surface area contributed by atoms with Gasteiger partial charge in [0.25, 0.3) is 0 Å². The van der Waals surface area contributed by atoms with Crippen molar-refractivity contribution in [3.05, 3.63) is 47.7 Å². The molecule has 0 atom stereocenters. The molecular weight excluding hydrogens is 242 g/mol. The predicted octanol–water partition coefficient (Wildman–Crippen LogP) is 2.85. The van der Waals surface area contributed by atoms with Gasteiger partial charge in [0.2, 0.25) is 0 Å². The third-order valence-electron chi connectivity index (χ3n) is 2.86. The summed E-state index contributed by atoms with van der Waals surface area (Å²) in [5, 5.41) is 0. The quantitative estimate of drug-likeness (QED) is 0.793. The minimum absolute atomic E-state index is 0.373. The largest absolute Gasteiger partial charge is 0.497 e. The number of benzene rings is 1. The van der Waals surface area contributed by atoms with Gasteiger partial charge < -0.3 is 9.47 Å². The average Bonchev–Trinajstić information content (AvgIpc) is 2.46. The van der Waals surface area contributed by atoms with E-state index in [0.29, 0.717) is 11.3 Å². The Morgan fingerprint density at radius 2 is 1.95 bits per heavy atom. The van der Waals surface area contributed by atoms with E-state index in [-0.39, 0.29) is 5.97 Å². The van der Waals surface area contributed by atoms with Crippen LogP contribution in [0.3, 0.4) is 0 Å². The van der Waals surface area contributed by atoms with Crippen LogP contribution >= 0.6 is 0 Å². The summed E-state index contributed by atoms with van der Waals surface area (Å²) in [6, 6.07) is 11.2. The van der Waals surface area contributed by atoms with Crippen LogP contribution in [-0.4, -0.2) is 25.2 Å². The smallest absolute Gasteiger partial charge is 0.339 e. The van der Waals surface area contributed by atoms with Gasteiger partial charge in [-0.1, -0.05) is 12.1 Å². The van der Waals surface area contributed by atoms with Gasteiger partial charge in [0.05, 0.1) is 31.2 Å². The van der Waals surface area contributed by atoms with E-state index in [1.54, 1.807) is 26.2 Å². The SMILES string of the molecule is COC(=O)c1ccc(-c2cccc(OC)c2)nc1C.